The number of amidine groups is 1. The molecule has 3 heterocycles. The van der Waals surface area contributed by atoms with Gasteiger partial charge in [-0.25, -0.2) is 39.4 Å². The van der Waals surface area contributed by atoms with E-state index in [1.807, 2.05) is 57.5 Å². The summed E-state index contributed by atoms with van der Waals surface area (Å²) in [4.78, 5) is 53.9. The molecule has 6 aromatic rings. The van der Waals surface area contributed by atoms with E-state index in [-0.39, 0.29) is 220 Å². The predicted molar refractivity (Wildman–Crippen MR) is 454 cm³/mol. The smallest absolute Gasteiger partial charge is 0.240 e. The molecule has 0 unspecified atom stereocenters. The molecule has 28 nitrogen and oxygen atoms in total. The topological polar surface area (TPSA) is 339 Å². The highest BCUT2D eigenvalue weighted by Crippen LogP contribution is 2.42. The third kappa shape index (κ3) is 29.5. The van der Waals surface area contributed by atoms with Crippen LogP contribution in [0, 0.1) is 0 Å². The van der Waals surface area contributed by atoms with E-state index >= 15 is 0 Å². The highest BCUT2D eigenvalue weighted by Gasteiger charge is 2.36. The summed E-state index contributed by atoms with van der Waals surface area (Å²) in [7, 11) is -2.31. The normalized spacial score (nSPS) is 16.4. The van der Waals surface area contributed by atoms with Crippen LogP contribution < -0.4 is 35.6 Å². The molecule has 3 aliphatic heterocycles. The van der Waals surface area contributed by atoms with E-state index in [0.29, 0.717) is 69.4 Å². The summed E-state index contributed by atoms with van der Waals surface area (Å²) in [5.74, 6) is -1.42. The lowest BCUT2D eigenvalue weighted by molar-refractivity contribution is -0.126. The summed E-state index contributed by atoms with van der Waals surface area (Å²) in [5, 5.41) is 22.4. The number of nitrogens with one attached hydrogen (secondary N) is 7. The minimum absolute atomic E-state index is 0.000509. The fraction of sp³-hybridized carbons (Fsp3) is 0.500. The Balaban J connectivity index is 0.713. The monoisotopic (exact) mass is 1800 g/mol. The molecule has 0 fully saturated rings. The van der Waals surface area contributed by atoms with Gasteiger partial charge in [-0.15, -0.1) is 0 Å². The van der Waals surface area contributed by atoms with Crippen LogP contribution in [-0.4, -0.2) is 259 Å². The van der Waals surface area contributed by atoms with E-state index in [1.54, 1.807) is 73.6 Å². The SMILES string of the molecule is CN(C)CC(=O)NC(CCC(=O)NCCOCCOCCNS(=O)(=O)c1cccc([C@@H]2CN(C)Cc3c(Cl)cc(Cl)cc32)c1)(CCC(=O)NCCOCCOCCNS(=O)(=O)c1cccc([C@@H]2CN(C)Cc3c(Cl)cc(Cl)cc32)c1)CCC(=NCCOCCOCCNS(=O)(=O)c1cccc([C@@H]2CN(C)Cc3c(Cl)cc(Cl)cc32)c1)NO. The van der Waals surface area contributed by atoms with Gasteiger partial charge in [0.1, 0.15) is 5.84 Å². The van der Waals surface area contributed by atoms with Gasteiger partial charge in [-0.3, -0.25) is 30.1 Å². The predicted octanol–water partition coefficient (Wildman–Crippen LogP) is 9.04. The molecule has 0 spiro atoms. The third-order valence-electron chi connectivity index (χ3n) is 20.1. The second-order valence-corrected chi connectivity index (χ2v) is 37.2. The molecule has 0 saturated heterocycles. The number of benzene rings is 6. The van der Waals surface area contributed by atoms with Crippen molar-refractivity contribution in [1.29, 1.82) is 0 Å². The van der Waals surface area contributed by atoms with Crippen molar-refractivity contribution in [2.75, 3.05) is 180 Å². The number of carbonyl (C=O) groups excluding carboxylic acids is 3. The summed E-state index contributed by atoms with van der Waals surface area (Å²) >= 11 is 39.0. The molecule has 3 amide bonds. The molecular weight excluding hydrogens is 1690 g/mol. The first kappa shape index (κ1) is 95.1. The number of rotatable bonds is 48. The first-order chi connectivity index (χ1) is 55.9. The Hall–Kier alpha value is -5.77. The van der Waals surface area contributed by atoms with Gasteiger partial charge in [0.2, 0.25) is 47.8 Å². The van der Waals surface area contributed by atoms with Crippen molar-refractivity contribution in [1.82, 2.24) is 55.2 Å². The van der Waals surface area contributed by atoms with Gasteiger partial charge in [0.05, 0.1) is 107 Å². The van der Waals surface area contributed by atoms with Crippen LogP contribution in [0.1, 0.15) is 106 Å². The van der Waals surface area contributed by atoms with Crippen LogP contribution >= 0.6 is 69.6 Å². The van der Waals surface area contributed by atoms with Gasteiger partial charge in [-0.1, -0.05) is 106 Å². The van der Waals surface area contributed by atoms with Crippen molar-refractivity contribution in [3.05, 3.63) is 189 Å². The molecule has 0 saturated carbocycles. The maximum absolute atomic E-state index is 13.8. The Bertz CT molecular complexity index is 4530. The molecule has 0 aliphatic carbocycles. The van der Waals surface area contributed by atoms with Crippen molar-refractivity contribution < 1.29 is 73.3 Å². The maximum atomic E-state index is 13.8. The van der Waals surface area contributed by atoms with Crippen LogP contribution in [0.25, 0.3) is 0 Å². The molecule has 6 aromatic carbocycles. The number of fused-ring (bicyclic) bond motifs is 3. The Morgan fingerprint density at radius 1 is 0.453 bits per heavy atom. The molecule has 3 aliphatic rings. The summed E-state index contributed by atoms with van der Waals surface area (Å²) in [6.45, 7) is 5.58. The number of nitrogens with zero attached hydrogens (tertiary/aromatic N) is 5. The van der Waals surface area contributed by atoms with Crippen molar-refractivity contribution >= 4 is 123 Å². The Morgan fingerprint density at radius 2 is 0.778 bits per heavy atom. The minimum Gasteiger partial charge on any atom is -0.378 e. The molecule has 3 atom stereocenters. The average Bonchev–Trinajstić information content (AvgIpc) is 0.780. The second-order valence-electron chi connectivity index (χ2n) is 29.4. The summed E-state index contributed by atoms with van der Waals surface area (Å²) in [6, 6.07) is 31.2. The number of likely N-dealkylation sites (N-methyl/N-ethyl adjacent to an activating group) is 4. The Labute approximate surface area is 717 Å². The molecule has 0 bridgehead atoms. The Morgan fingerprint density at radius 3 is 1.11 bits per heavy atom. The van der Waals surface area contributed by atoms with Crippen LogP contribution in [-0.2, 0) is 92.5 Å². The molecule has 0 aromatic heterocycles. The quantitative estimate of drug-likeness (QED) is 0.00764. The van der Waals surface area contributed by atoms with Gasteiger partial charge in [0.25, 0.3) is 0 Å². The molecule has 642 valence electrons. The van der Waals surface area contributed by atoms with Crippen molar-refractivity contribution in [2.24, 2.45) is 4.99 Å². The molecule has 37 heteroatoms. The zero-order valence-electron chi connectivity index (χ0n) is 66.3. The third-order valence-corrected chi connectivity index (χ3v) is 26.1. The van der Waals surface area contributed by atoms with Gasteiger partial charge in [0, 0.05) is 145 Å². The van der Waals surface area contributed by atoms with Crippen LogP contribution in [0.5, 0.6) is 0 Å². The van der Waals surface area contributed by atoms with E-state index in [9.17, 15) is 44.8 Å². The first-order valence-corrected chi connectivity index (χ1v) is 45.3. The molecule has 9 rings (SSSR count). The van der Waals surface area contributed by atoms with Gasteiger partial charge in [0.15, 0.2) is 0 Å². The van der Waals surface area contributed by atoms with Crippen LogP contribution in [0.2, 0.25) is 30.1 Å². The number of aliphatic imine (C=N–C) groups is 1. The number of sulfonamides is 3. The lowest BCUT2D eigenvalue weighted by atomic mass is 9.83. The minimum atomic E-state index is -3.91. The van der Waals surface area contributed by atoms with E-state index in [4.69, 9.17) is 98.0 Å². The number of halogens is 6. The first-order valence-electron chi connectivity index (χ1n) is 38.6. The fourth-order valence-corrected chi connectivity index (χ4v) is 19.3. The molecule has 117 heavy (non-hydrogen) atoms. The highest BCUT2D eigenvalue weighted by molar-refractivity contribution is 7.90. The molecule has 8 N–H and O–H groups in total. The van der Waals surface area contributed by atoms with E-state index in [0.717, 1.165) is 50.1 Å². The number of carbonyl (C=O) groups is 3. The molecule has 0 radical (unpaired) electrons. The van der Waals surface area contributed by atoms with Crippen LogP contribution in [0.3, 0.4) is 0 Å². The van der Waals surface area contributed by atoms with E-state index < -0.39 is 35.6 Å². The highest BCUT2D eigenvalue weighted by atomic mass is 35.5. The standard InChI is InChI=1S/C80H106Cl6N12O16S3/c1-95(2)54-79(101)93-80(19-16-77(99)88-22-28-110-34-37-113-31-25-91-116(105,106)62-13-7-10-56(40-62)68-49-97(4)52-71-65(68)43-59(82)46-74(71)85,20-17-78(100)89-23-29-111-35-38-114-32-26-92-117(107,108)63-14-8-11-57(41-63)69-50-98(5)53-72-66(69)44-60(83)47-75(72)86)18-15-76(94-102)87-21-27-109-33-36-112-30-24-90-115(103,104)61-12-6-9-55(39-61)67-48-96(3)51-70-64(67)42-58(81)45-73(70)84/h6-14,39-47,67-69,90-92,102H,15-38,48-54H2,1-5H3,(H,87,94)(H,88,99)(H,89,100)(H,93,101)/t67-,68-,69-/m0/s1. The number of ether oxygens (including phenoxy) is 6. The maximum Gasteiger partial charge on any atom is 0.240 e. The van der Waals surface area contributed by atoms with Crippen LogP contribution in [0.4, 0.5) is 0 Å². The number of hydrogen-bond donors (Lipinski definition) is 8. The largest absolute Gasteiger partial charge is 0.378 e. The van der Waals surface area contributed by atoms with Crippen LogP contribution in [0.15, 0.2) is 129 Å². The van der Waals surface area contributed by atoms with Crippen molar-refractivity contribution in [2.45, 2.75) is 96.1 Å². The Kier molecular flexibility index (Phi) is 37.8. The van der Waals surface area contributed by atoms with E-state index in [2.05, 4.69) is 55.3 Å². The zero-order valence-corrected chi connectivity index (χ0v) is 73.3. The van der Waals surface area contributed by atoms with Gasteiger partial charge >= 0.3 is 0 Å². The summed E-state index contributed by atoms with van der Waals surface area (Å²) in [5.41, 5.74) is 9.13. The number of hydrogen-bond acceptors (Lipinski definition) is 21. The number of amides is 3. The summed E-state index contributed by atoms with van der Waals surface area (Å²) < 4.78 is 123. The molecular formula is C80H106Cl6N12O16S3. The number of hydroxylamine groups is 1. The summed E-state index contributed by atoms with van der Waals surface area (Å²) in [6.07, 6.45) is 0.149. The average molecular weight is 1800 g/mol. The second kappa shape index (κ2) is 46.5. The fourth-order valence-electron chi connectivity index (χ4n) is 14.4. The van der Waals surface area contributed by atoms with E-state index in [1.165, 1.54) is 18.2 Å². The van der Waals surface area contributed by atoms with Crippen molar-refractivity contribution in [3.8, 4) is 0 Å². The zero-order chi connectivity index (χ0) is 84.3. The van der Waals surface area contributed by atoms with Gasteiger partial charge < -0.3 is 64.0 Å². The van der Waals surface area contributed by atoms with Gasteiger partial charge in [-0.2, -0.15) is 0 Å². The lowest BCUT2D eigenvalue weighted by Gasteiger charge is -2.36. The van der Waals surface area contributed by atoms with Gasteiger partial charge in [-0.05, 0) is 177 Å². The lowest BCUT2D eigenvalue weighted by Crippen LogP contribution is -2.52. The van der Waals surface area contributed by atoms with Crippen molar-refractivity contribution in [3.63, 3.8) is 0 Å².